The second-order valence-corrected chi connectivity index (χ2v) is 13.9. The van der Waals surface area contributed by atoms with E-state index in [0.717, 1.165) is 25.7 Å². The van der Waals surface area contributed by atoms with E-state index in [2.05, 4.69) is 12.2 Å². The molecule has 0 bridgehead atoms. The first-order valence-electron chi connectivity index (χ1n) is 18.8. The molecule has 296 valence electrons. The molecule has 2 fully saturated rings. The van der Waals surface area contributed by atoms with E-state index in [0.29, 0.717) is 6.42 Å². The summed E-state index contributed by atoms with van der Waals surface area (Å²) < 4.78 is 23.0. The number of aliphatic hydroxyl groups is 6. The molecular formula is C34H69N5O11. The molecule has 13 atom stereocenters. The van der Waals surface area contributed by atoms with Gasteiger partial charge in [-0.3, -0.25) is 4.79 Å². The van der Waals surface area contributed by atoms with Gasteiger partial charge >= 0.3 is 0 Å². The van der Waals surface area contributed by atoms with Crippen LogP contribution in [0, 0.1) is 0 Å². The standard InChI is InChI=1S/C34H69N5O11/c1-2-3-4-5-6-7-8-9-10-11-12-13-14-15-26(42)39-19-25(23(41)17-35)47-27(20-40)49-32-21(37)16-22(38)33(31(32)46)50-34-30(45)29(44)28(43)24(18-36)48-34/h21-25,27-34,40-41,43-46H,2-20,35-38H2,1H3,(H,39,42)/t21-,22+,23+,24-,25?,27-,28-,29?,30?,31?,32+,33?,34-/m1/s1. The van der Waals surface area contributed by atoms with Gasteiger partial charge in [-0.1, -0.05) is 84.0 Å². The first kappa shape index (κ1) is 45.1. The maximum atomic E-state index is 12.5. The number of carbonyl (C=O) groups excluding carboxylic acids is 1. The molecule has 16 nitrogen and oxygen atoms in total. The molecule has 1 amide bonds. The highest BCUT2D eigenvalue weighted by molar-refractivity contribution is 5.75. The van der Waals surface area contributed by atoms with Crippen molar-refractivity contribution in [1.82, 2.24) is 5.32 Å². The lowest BCUT2D eigenvalue weighted by molar-refractivity contribution is -0.324. The minimum absolute atomic E-state index is 0.0863. The Balaban J connectivity index is 1.81. The highest BCUT2D eigenvalue weighted by atomic mass is 16.7. The Morgan fingerprint density at radius 3 is 1.92 bits per heavy atom. The molecule has 0 aromatic carbocycles. The number of hydrogen-bond donors (Lipinski definition) is 11. The van der Waals surface area contributed by atoms with Crippen LogP contribution >= 0.6 is 0 Å². The van der Waals surface area contributed by atoms with Crippen LogP contribution in [-0.2, 0) is 23.7 Å². The molecule has 1 aliphatic carbocycles. The summed E-state index contributed by atoms with van der Waals surface area (Å²) in [4.78, 5) is 12.5. The summed E-state index contributed by atoms with van der Waals surface area (Å²) >= 11 is 0. The second kappa shape index (κ2) is 25.0. The zero-order valence-corrected chi connectivity index (χ0v) is 30.0. The summed E-state index contributed by atoms with van der Waals surface area (Å²) in [5.74, 6) is -0.201. The number of ether oxygens (including phenoxy) is 4. The molecular weight excluding hydrogens is 654 g/mol. The van der Waals surface area contributed by atoms with E-state index < -0.39 is 86.2 Å². The Morgan fingerprint density at radius 1 is 0.820 bits per heavy atom. The van der Waals surface area contributed by atoms with Gasteiger partial charge in [0.1, 0.15) is 48.8 Å². The van der Waals surface area contributed by atoms with E-state index in [9.17, 15) is 35.4 Å². The zero-order chi connectivity index (χ0) is 37.1. The average molecular weight is 724 g/mol. The van der Waals surface area contributed by atoms with Crippen LogP contribution in [0.15, 0.2) is 0 Å². The number of hydrogen-bond acceptors (Lipinski definition) is 15. The first-order chi connectivity index (χ1) is 24.0. The van der Waals surface area contributed by atoms with Crippen molar-refractivity contribution in [3.63, 3.8) is 0 Å². The van der Waals surface area contributed by atoms with Crippen molar-refractivity contribution in [1.29, 1.82) is 0 Å². The fourth-order valence-electron chi connectivity index (χ4n) is 6.54. The summed E-state index contributed by atoms with van der Waals surface area (Å²) in [6.45, 7) is 1.07. The van der Waals surface area contributed by atoms with Crippen molar-refractivity contribution in [2.24, 2.45) is 22.9 Å². The average Bonchev–Trinajstić information content (AvgIpc) is 3.10. The molecule has 2 aliphatic rings. The summed E-state index contributed by atoms with van der Waals surface area (Å²) in [7, 11) is 0. The Hall–Kier alpha value is -1.09. The van der Waals surface area contributed by atoms with E-state index >= 15 is 0 Å². The van der Waals surface area contributed by atoms with Gasteiger partial charge in [-0.15, -0.1) is 0 Å². The quantitative estimate of drug-likeness (QED) is 0.0360. The molecule has 1 saturated carbocycles. The summed E-state index contributed by atoms with van der Waals surface area (Å²) in [5.41, 5.74) is 23.8. The molecule has 1 heterocycles. The van der Waals surface area contributed by atoms with E-state index in [4.69, 9.17) is 41.9 Å². The van der Waals surface area contributed by atoms with Crippen LogP contribution in [0.5, 0.6) is 0 Å². The van der Waals surface area contributed by atoms with Gasteiger partial charge in [-0.25, -0.2) is 0 Å². The van der Waals surface area contributed by atoms with Gasteiger partial charge < -0.3 is 77.8 Å². The van der Waals surface area contributed by atoms with Crippen molar-refractivity contribution in [3.05, 3.63) is 0 Å². The van der Waals surface area contributed by atoms with Crippen molar-refractivity contribution in [2.45, 2.75) is 183 Å². The largest absolute Gasteiger partial charge is 0.391 e. The monoisotopic (exact) mass is 723 g/mol. The van der Waals surface area contributed by atoms with E-state index in [1.165, 1.54) is 57.8 Å². The minimum atomic E-state index is -1.67. The van der Waals surface area contributed by atoms with Crippen molar-refractivity contribution >= 4 is 5.91 Å². The van der Waals surface area contributed by atoms with Crippen LogP contribution in [0.4, 0.5) is 0 Å². The SMILES string of the molecule is CCCCCCCCCCCCCCCC(=O)NCC(O[C@@H](CO)O[C@@H]1C(O)C(O[C@H]2O[C@H](CN)[C@@H](O)C(O)C2O)[C@@H](N)C[C@H]1N)[C@@H](O)CN. The molecule has 1 saturated heterocycles. The maximum Gasteiger partial charge on any atom is 0.220 e. The zero-order valence-electron chi connectivity index (χ0n) is 30.0. The third-order valence-corrected chi connectivity index (χ3v) is 9.72. The minimum Gasteiger partial charge on any atom is -0.391 e. The third kappa shape index (κ3) is 15.1. The van der Waals surface area contributed by atoms with Gasteiger partial charge in [-0.05, 0) is 12.8 Å². The molecule has 2 rings (SSSR count). The molecule has 16 heteroatoms. The molecule has 0 aromatic rings. The van der Waals surface area contributed by atoms with Crippen LogP contribution in [0.3, 0.4) is 0 Å². The number of nitrogens with one attached hydrogen (secondary N) is 1. The van der Waals surface area contributed by atoms with Crippen LogP contribution in [0.1, 0.15) is 103 Å². The molecule has 0 spiro atoms. The molecule has 0 aromatic heterocycles. The van der Waals surface area contributed by atoms with Crippen molar-refractivity contribution < 1.29 is 54.4 Å². The predicted molar refractivity (Wildman–Crippen MR) is 186 cm³/mol. The fraction of sp³-hybridized carbons (Fsp3) is 0.971. The van der Waals surface area contributed by atoms with Gasteiger partial charge in [0, 0.05) is 38.1 Å². The predicted octanol–water partition coefficient (Wildman–Crippen LogP) is -1.44. The number of nitrogens with two attached hydrogens (primary N) is 4. The lowest BCUT2D eigenvalue weighted by Gasteiger charge is -2.46. The van der Waals surface area contributed by atoms with E-state index in [1.807, 2.05) is 0 Å². The number of rotatable bonds is 26. The lowest BCUT2D eigenvalue weighted by atomic mass is 9.84. The van der Waals surface area contributed by atoms with Crippen LogP contribution in [0.2, 0.25) is 0 Å². The van der Waals surface area contributed by atoms with Crippen LogP contribution in [0.25, 0.3) is 0 Å². The summed E-state index contributed by atoms with van der Waals surface area (Å²) in [6, 6.07) is -1.68. The number of amides is 1. The molecule has 5 unspecified atom stereocenters. The van der Waals surface area contributed by atoms with Gasteiger partial charge in [0.05, 0.1) is 12.7 Å². The van der Waals surface area contributed by atoms with Gasteiger partial charge in [0.15, 0.2) is 12.6 Å². The Labute approximate surface area is 297 Å². The Kier molecular flexibility index (Phi) is 22.6. The van der Waals surface area contributed by atoms with E-state index in [-0.39, 0.29) is 32.0 Å². The molecule has 1 aliphatic heterocycles. The summed E-state index contributed by atoms with van der Waals surface area (Å²) in [5, 5.41) is 65.3. The fourth-order valence-corrected chi connectivity index (χ4v) is 6.54. The number of aliphatic hydroxyl groups excluding tert-OH is 6. The lowest BCUT2D eigenvalue weighted by Crippen LogP contribution is -2.66. The van der Waals surface area contributed by atoms with Gasteiger partial charge in [0.25, 0.3) is 0 Å². The first-order valence-corrected chi connectivity index (χ1v) is 18.8. The second-order valence-electron chi connectivity index (χ2n) is 13.9. The van der Waals surface area contributed by atoms with Crippen LogP contribution in [-0.4, -0.2) is 142 Å². The third-order valence-electron chi connectivity index (χ3n) is 9.72. The Bertz CT molecular complexity index is 897. The van der Waals surface area contributed by atoms with Gasteiger partial charge in [0.2, 0.25) is 5.91 Å². The number of unbranched alkanes of at least 4 members (excludes halogenated alkanes) is 12. The highest BCUT2D eigenvalue weighted by Crippen LogP contribution is 2.29. The summed E-state index contributed by atoms with van der Waals surface area (Å²) in [6.07, 6.45) is 1.23. The highest BCUT2D eigenvalue weighted by Gasteiger charge is 2.49. The van der Waals surface area contributed by atoms with Crippen molar-refractivity contribution in [3.8, 4) is 0 Å². The van der Waals surface area contributed by atoms with Crippen LogP contribution < -0.4 is 28.3 Å². The Morgan fingerprint density at radius 2 is 1.38 bits per heavy atom. The normalized spacial score (nSPS) is 32.1. The topological polar surface area (TPSA) is 291 Å². The molecule has 15 N–H and O–H groups in total. The maximum absolute atomic E-state index is 12.5. The smallest absolute Gasteiger partial charge is 0.220 e. The van der Waals surface area contributed by atoms with Crippen molar-refractivity contribution in [2.75, 3.05) is 26.2 Å². The molecule has 0 radical (unpaired) electrons. The van der Waals surface area contributed by atoms with Gasteiger partial charge in [-0.2, -0.15) is 0 Å². The number of carbonyl (C=O) groups is 1. The molecule has 50 heavy (non-hydrogen) atoms. The van der Waals surface area contributed by atoms with E-state index in [1.54, 1.807) is 0 Å².